The van der Waals surface area contributed by atoms with Crippen LogP contribution in [0.25, 0.3) is 10.9 Å². The van der Waals surface area contributed by atoms with Gasteiger partial charge in [-0.05, 0) is 90.1 Å². The molecule has 3 aliphatic rings. The highest BCUT2D eigenvalue weighted by Gasteiger charge is 2.68. The maximum Gasteiger partial charge on any atom is 0.435 e. The van der Waals surface area contributed by atoms with Crippen molar-refractivity contribution in [3.05, 3.63) is 65.5 Å². The summed E-state index contributed by atoms with van der Waals surface area (Å²) in [7, 11) is 0. The molecule has 0 radical (unpaired) electrons. The fraction of sp³-hybridized carbons (Fsp3) is 0.444. The van der Waals surface area contributed by atoms with E-state index in [2.05, 4.69) is 32.2 Å². The van der Waals surface area contributed by atoms with E-state index in [0.29, 0.717) is 40.6 Å². The lowest BCUT2D eigenvalue weighted by Crippen LogP contribution is -2.45. The number of ether oxygens (including phenoxy) is 2. The Hall–Kier alpha value is -5.00. The van der Waals surface area contributed by atoms with Gasteiger partial charge in [0.2, 0.25) is 5.91 Å². The number of benzene rings is 2. The molecule has 12 nitrogen and oxygen atoms in total. The first-order valence-electron chi connectivity index (χ1n) is 16.3. The van der Waals surface area contributed by atoms with E-state index in [4.69, 9.17) is 9.47 Å². The molecule has 2 aromatic carbocycles. The number of nitrogens with one attached hydrogen (secondary N) is 1. The molecule has 2 atom stereocenters. The summed E-state index contributed by atoms with van der Waals surface area (Å²) < 4.78 is 12.6. The van der Waals surface area contributed by atoms with Crippen LogP contribution in [0.2, 0.25) is 0 Å². The molecule has 1 N–H and O–H groups in total. The Balaban J connectivity index is 1.26. The van der Waals surface area contributed by atoms with Crippen molar-refractivity contribution in [3.8, 4) is 0 Å². The van der Waals surface area contributed by atoms with Gasteiger partial charge in [0.25, 0.3) is 0 Å². The van der Waals surface area contributed by atoms with Gasteiger partial charge in [-0.2, -0.15) is 4.68 Å². The molecular formula is C36H41N7O5. The zero-order valence-electron chi connectivity index (χ0n) is 28.6. The normalized spacial score (nSPS) is 20.6. The van der Waals surface area contributed by atoms with Crippen molar-refractivity contribution in [2.45, 2.75) is 84.3 Å². The van der Waals surface area contributed by atoms with E-state index in [-0.39, 0.29) is 11.8 Å². The quantitative estimate of drug-likeness (QED) is 0.251. The Morgan fingerprint density at radius 2 is 1.65 bits per heavy atom. The zero-order valence-corrected chi connectivity index (χ0v) is 28.6. The largest absolute Gasteiger partial charge is 0.443 e. The predicted octanol–water partition coefficient (Wildman–Crippen LogP) is 6.82. The van der Waals surface area contributed by atoms with Gasteiger partial charge in [-0.1, -0.05) is 30.7 Å². The van der Waals surface area contributed by atoms with Gasteiger partial charge in [0.05, 0.1) is 16.6 Å². The Morgan fingerprint density at radius 1 is 0.938 bits per heavy atom. The second-order valence-electron chi connectivity index (χ2n) is 15.3. The maximum absolute atomic E-state index is 14.2. The van der Waals surface area contributed by atoms with E-state index >= 15 is 0 Å². The fourth-order valence-electron chi connectivity index (χ4n) is 6.80. The summed E-state index contributed by atoms with van der Waals surface area (Å²) in [5.74, 6) is 1.88. The van der Waals surface area contributed by atoms with Crippen molar-refractivity contribution in [2.75, 3.05) is 28.2 Å². The van der Waals surface area contributed by atoms with Gasteiger partial charge in [0.1, 0.15) is 29.2 Å². The number of aryl methyl sites for hydroxylation is 1. The summed E-state index contributed by atoms with van der Waals surface area (Å²) in [6.07, 6.45) is 0.704. The average Bonchev–Trinajstić information content (AvgIpc) is 3.56. The van der Waals surface area contributed by atoms with Crippen molar-refractivity contribution < 1.29 is 23.9 Å². The smallest absolute Gasteiger partial charge is 0.435 e. The molecule has 1 saturated carbocycles. The molecule has 2 amide bonds. The minimum atomic E-state index is -0.921. The topological polar surface area (TPSA) is 132 Å². The van der Waals surface area contributed by atoms with Crippen LogP contribution in [0.5, 0.6) is 0 Å². The lowest BCUT2D eigenvalue weighted by atomic mass is 9.91. The summed E-state index contributed by atoms with van der Waals surface area (Å²) in [5.41, 5.74) is 1.28. The predicted molar refractivity (Wildman–Crippen MR) is 182 cm³/mol. The second kappa shape index (κ2) is 10.8. The molecule has 1 aliphatic carbocycles. The van der Waals surface area contributed by atoms with Crippen LogP contribution < -0.4 is 15.1 Å². The molecular weight excluding hydrogens is 610 g/mol. The number of carbonyl (C=O) groups is 3. The summed E-state index contributed by atoms with van der Waals surface area (Å²) in [6.45, 7) is 16.8. The van der Waals surface area contributed by atoms with Crippen LogP contribution in [0.1, 0.15) is 77.5 Å². The molecule has 4 aromatic rings. The minimum Gasteiger partial charge on any atom is -0.443 e. The number of imide groups is 1. The van der Waals surface area contributed by atoms with Gasteiger partial charge in [0, 0.05) is 30.5 Å². The third kappa shape index (κ3) is 5.42. The molecule has 0 unspecified atom stereocenters. The number of aromatic nitrogens is 4. The molecule has 4 heterocycles. The van der Waals surface area contributed by atoms with Gasteiger partial charge >= 0.3 is 12.2 Å². The Labute approximate surface area is 279 Å². The minimum absolute atomic E-state index is 0.232. The first kappa shape index (κ1) is 31.6. The summed E-state index contributed by atoms with van der Waals surface area (Å²) in [4.78, 5) is 53.2. The van der Waals surface area contributed by atoms with Crippen LogP contribution in [-0.4, -0.2) is 62.1 Å². The number of carbonyl (C=O) groups excluding carboxylic acids is 3. The van der Waals surface area contributed by atoms with Crippen LogP contribution in [0.4, 0.5) is 32.7 Å². The van der Waals surface area contributed by atoms with Crippen molar-refractivity contribution in [1.82, 2.24) is 19.7 Å². The number of rotatable bonds is 4. The number of fused-ring (bicyclic) bond motifs is 3. The van der Waals surface area contributed by atoms with Crippen LogP contribution in [0.15, 0.2) is 48.8 Å². The van der Waals surface area contributed by atoms with Crippen molar-refractivity contribution in [1.29, 1.82) is 0 Å². The molecule has 0 bridgehead atoms. The first-order valence-corrected chi connectivity index (χ1v) is 16.3. The van der Waals surface area contributed by atoms with Crippen LogP contribution in [0, 0.1) is 12.8 Å². The number of hydrogen-bond acceptors (Lipinski definition) is 10. The molecule has 250 valence electrons. The van der Waals surface area contributed by atoms with Crippen LogP contribution in [0.3, 0.4) is 0 Å². The lowest BCUT2D eigenvalue weighted by Gasteiger charge is -2.38. The molecule has 48 heavy (non-hydrogen) atoms. The van der Waals surface area contributed by atoms with Gasteiger partial charge in [0.15, 0.2) is 5.82 Å². The van der Waals surface area contributed by atoms with Gasteiger partial charge < -0.3 is 19.7 Å². The van der Waals surface area contributed by atoms with Gasteiger partial charge in [-0.15, -0.1) is 5.10 Å². The van der Waals surface area contributed by atoms with E-state index in [0.717, 1.165) is 35.6 Å². The van der Waals surface area contributed by atoms with Gasteiger partial charge in [-0.3, -0.25) is 4.79 Å². The standard InChI is InChI=1S/C36H41N7O5/c1-20-9-12-26-24(13-20)36(31(44)42(26)32(45)47-34(3,4)5)16-25(36)22-10-11-23-27(14-22)43(33(46)48-35(6,7)8)40-30(23)39-28-15-29(38-19-37-28)41-17-21(2)18-41/h9-15,19,21,25H,16-18H2,1-8H3,(H,37,38,39,40)/t25-,36-/m0/s1. The summed E-state index contributed by atoms with van der Waals surface area (Å²) in [6, 6.07) is 13.3. The Bertz CT molecular complexity index is 1980. The van der Waals surface area contributed by atoms with Gasteiger partial charge in [-0.25, -0.2) is 24.5 Å². The van der Waals surface area contributed by atoms with E-state index in [9.17, 15) is 14.4 Å². The highest BCUT2D eigenvalue weighted by Crippen LogP contribution is 2.66. The first-order chi connectivity index (χ1) is 22.5. The van der Waals surface area contributed by atoms with Crippen molar-refractivity contribution >= 4 is 52.1 Å². The third-order valence-corrected chi connectivity index (χ3v) is 8.96. The third-order valence-electron chi connectivity index (χ3n) is 8.96. The highest BCUT2D eigenvalue weighted by atomic mass is 16.6. The summed E-state index contributed by atoms with van der Waals surface area (Å²) >= 11 is 0. The molecule has 12 heteroatoms. The van der Waals surface area contributed by atoms with E-state index in [1.165, 1.54) is 15.9 Å². The van der Waals surface area contributed by atoms with Crippen LogP contribution >= 0.6 is 0 Å². The summed E-state index contributed by atoms with van der Waals surface area (Å²) in [5, 5.41) is 8.62. The maximum atomic E-state index is 14.2. The number of hydrogen-bond donors (Lipinski definition) is 1. The molecule has 7 rings (SSSR count). The van der Waals surface area contributed by atoms with Crippen LogP contribution in [-0.2, 0) is 19.7 Å². The zero-order chi connectivity index (χ0) is 34.3. The number of nitrogens with zero attached hydrogens (tertiary/aromatic N) is 6. The molecule has 1 saturated heterocycles. The monoisotopic (exact) mass is 651 g/mol. The lowest BCUT2D eigenvalue weighted by molar-refractivity contribution is -0.120. The molecule has 2 aromatic heterocycles. The fourth-order valence-corrected chi connectivity index (χ4v) is 6.80. The average molecular weight is 652 g/mol. The number of amides is 2. The Morgan fingerprint density at radius 3 is 2.33 bits per heavy atom. The van der Waals surface area contributed by atoms with E-state index in [1.807, 2.05) is 49.4 Å². The highest BCUT2D eigenvalue weighted by molar-refractivity contribution is 6.23. The number of anilines is 4. The van der Waals surface area contributed by atoms with Crippen molar-refractivity contribution in [2.24, 2.45) is 5.92 Å². The second-order valence-corrected chi connectivity index (χ2v) is 15.3. The van der Waals surface area contributed by atoms with E-state index in [1.54, 1.807) is 41.5 Å². The molecule has 2 aliphatic heterocycles. The van der Waals surface area contributed by atoms with Crippen molar-refractivity contribution in [3.63, 3.8) is 0 Å². The molecule has 1 spiro atoms. The molecule has 2 fully saturated rings. The SMILES string of the molecule is Cc1ccc2c(c1)[C@]1(C[C@H]1c1ccc3c(Nc4cc(N5CC(C)C5)ncn4)nn(C(=O)OC(C)(C)C)c3c1)C(=O)N2C(=O)OC(C)(C)C. The van der Waals surface area contributed by atoms with E-state index < -0.39 is 28.8 Å². The Kier molecular flexibility index (Phi) is 7.08.